The van der Waals surface area contributed by atoms with Crippen LogP contribution in [0.2, 0.25) is 0 Å². The highest BCUT2D eigenvalue weighted by Gasteiger charge is 2.44. The fourth-order valence-corrected chi connectivity index (χ4v) is 4.62. The minimum atomic E-state index is 0.520. The van der Waals surface area contributed by atoms with Crippen LogP contribution in [0.15, 0.2) is 24.3 Å². The maximum absolute atomic E-state index is 2.49. The summed E-state index contributed by atoms with van der Waals surface area (Å²) < 4.78 is 0. The van der Waals surface area contributed by atoms with Gasteiger partial charge >= 0.3 is 0 Å². The molecule has 1 aliphatic rings. The van der Waals surface area contributed by atoms with Gasteiger partial charge in [-0.05, 0) is 47.5 Å². The Morgan fingerprint density at radius 2 is 1.83 bits per heavy atom. The molecule has 0 spiro atoms. The molecule has 0 heterocycles. The van der Waals surface area contributed by atoms with Crippen molar-refractivity contribution in [2.75, 3.05) is 5.75 Å². The third-order valence-electron chi connectivity index (χ3n) is 5.10. The standard InChI is InChI=1S/C17H26S/c1-14-8-5-6-9-15(14)12-18-13-17(4)11-7-10-16(17,2)3/h5-6,8-9H,7,10-13H2,1-4H3/t17-/m0/s1. The average molecular weight is 262 g/mol. The predicted octanol–water partition coefficient (Wildman–Crippen LogP) is 5.44. The Balaban J connectivity index is 1.91. The monoisotopic (exact) mass is 262 g/mol. The van der Waals surface area contributed by atoms with Gasteiger partial charge in [0.2, 0.25) is 0 Å². The Morgan fingerprint density at radius 1 is 1.11 bits per heavy atom. The normalized spacial score (nSPS) is 26.4. The van der Waals surface area contributed by atoms with Crippen LogP contribution >= 0.6 is 11.8 Å². The maximum Gasteiger partial charge on any atom is 0.0187 e. The second kappa shape index (κ2) is 5.28. The molecule has 0 amide bonds. The molecule has 1 saturated carbocycles. The minimum absolute atomic E-state index is 0.520. The van der Waals surface area contributed by atoms with Gasteiger partial charge in [-0.1, -0.05) is 51.5 Å². The number of aryl methyl sites for hydroxylation is 1. The summed E-state index contributed by atoms with van der Waals surface area (Å²) in [7, 11) is 0. The van der Waals surface area contributed by atoms with Gasteiger partial charge in [0.25, 0.3) is 0 Å². The molecule has 2 rings (SSSR count). The maximum atomic E-state index is 2.49. The van der Waals surface area contributed by atoms with E-state index in [0.29, 0.717) is 10.8 Å². The van der Waals surface area contributed by atoms with E-state index in [0.717, 1.165) is 0 Å². The van der Waals surface area contributed by atoms with Crippen molar-refractivity contribution in [2.45, 2.75) is 52.7 Å². The summed E-state index contributed by atoms with van der Waals surface area (Å²) in [6, 6.07) is 8.77. The number of rotatable bonds is 4. The molecule has 100 valence electrons. The van der Waals surface area contributed by atoms with E-state index < -0.39 is 0 Å². The molecule has 1 fully saturated rings. The van der Waals surface area contributed by atoms with Gasteiger partial charge in [-0.15, -0.1) is 0 Å². The summed E-state index contributed by atoms with van der Waals surface area (Å²) in [4.78, 5) is 0. The van der Waals surface area contributed by atoms with Gasteiger partial charge in [0.15, 0.2) is 0 Å². The van der Waals surface area contributed by atoms with Crippen LogP contribution in [-0.4, -0.2) is 5.75 Å². The smallest absolute Gasteiger partial charge is 0.0187 e. The zero-order valence-electron chi connectivity index (χ0n) is 12.3. The zero-order valence-corrected chi connectivity index (χ0v) is 13.1. The summed E-state index contributed by atoms with van der Waals surface area (Å²) in [6.07, 6.45) is 4.21. The quantitative estimate of drug-likeness (QED) is 0.696. The van der Waals surface area contributed by atoms with Crippen molar-refractivity contribution in [2.24, 2.45) is 10.8 Å². The fraction of sp³-hybridized carbons (Fsp3) is 0.647. The van der Waals surface area contributed by atoms with Gasteiger partial charge in [0, 0.05) is 5.75 Å². The molecule has 1 heteroatoms. The summed E-state index contributed by atoms with van der Waals surface area (Å²) in [6.45, 7) is 9.62. The Kier molecular flexibility index (Phi) is 4.11. The van der Waals surface area contributed by atoms with Crippen molar-refractivity contribution >= 4 is 11.8 Å². The van der Waals surface area contributed by atoms with Gasteiger partial charge in [-0.2, -0.15) is 11.8 Å². The van der Waals surface area contributed by atoms with Crippen molar-refractivity contribution in [3.05, 3.63) is 35.4 Å². The lowest BCUT2D eigenvalue weighted by Gasteiger charge is -2.38. The summed E-state index contributed by atoms with van der Waals surface area (Å²) in [5, 5.41) is 0. The van der Waals surface area contributed by atoms with E-state index in [4.69, 9.17) is 0 Å². The van der Waals surface area contributed by atoms with E-state index >= 15 is 0 Å². The van der Waals surface area contributed by atoms with Crippen LogP contribution in [-0.2, 0) is 5.75 Å². The van der Waals surface area contributed by atoms with Crippen molar-refractivity contribution in [3.8, 4) is 0 Å². The second-order valence-corrected chi connectivity index (χ2v) is 7.70. The van der Waals surface area contributed by atoms with Gasteiger partial charge in [0.05, 0.1) is 0 Å². The topological polar surface area (TPSA) is 0 Å². The molecule has 0 radical (unpaired) electrons. The molecule has 1 atom stereocenters. The van der Waals surface area contributed by atoms with E-state index in [1.807, 2.05) is 0 Å². The van der Waals surface area contributed by atoms with Gasteiger partial charge in [0.1, 0.15) is 0 Å². The summed E-state index contributed by atoms with van der Waals surface area (Å²) in [5.41, 5.74) is 3.98. The fourth-order valence-electron chi connectivity index (χ4n) is 2.99. The first-order valence-corrected chi connectivity index (χ1v) is 8.22. The Bertz CT molecular complexity index is 408. The van der Waals surface area contributed by atoms with Crippen molar-refractivity contribution < 1.29 is 0 Å². The molecule has 1 aliphatic carbocycles. The lowest BCUT2D eigenvalue weighted by atomic mass is 9.71. The molecule has 0 aromatic heterocycles. The minimum Gasteiger partial charge on any atom is -0.157 e. The summed E-state index contributed by atoms with van der Waals surface area (Å²) >= 11 is 2.12. The highest BCUT2D eigenvalue weighted by Crippen LogP contribution is 2.53. The van der Waals surface area contributed by atoms with Crippen molar-refractivity contribution in [1.29, 1.82) is 0 Å². The molecule has 1 aromatic carbocycles. The van der Waals surface area contributed by atoms with Crippen LogP contribution in [0.25, 0.3) is 0 Å². The molecule has 0 N–H and O–H groups in total. The number of benzene rings is 1. The van der Waals surface area contributed by atoms with E-state index in [1.165, 1.54) is 41.9 Å². The van der Waals surface area contributed by atoms with Crippen LogP contribution in [0.1, 0.15) is 51.2 Å². The third kappa shape index (κ3) is 2.77. The highest BCUT2D eigenvalue weighted by atomic mass is 32.2. The average Bonchev–Trinajstić information content (AvgIpc) is 2.56. The lowest BCUT2D eigenvalue weighted by molar-refractivity contribution is 0.162. The Morgan fingerprint density at radius 3 is 2.44 bits per heavy atom. The lowest BCUT2D eigenvalue weighted by Crippen LogP contribution is -2.32. The van der Waals surface area contributed by atoms with E-state index in [9.17, 15) is 0 Å². The molecule has 0 bridgehead atoms. The zero-order chi connectivity index (χ0) is 13.2. The van der Waals surface area contributed by atoms with Crippen LogP contribution in [0.4, 0.5) is 0 Å². The van der Waals surface area contributed by atoms with E-state index in [1.54, 1.807) is 0 Å². The first kappa shape index (κ1) is 14.0. The first-order valence-electron chi connectivity index (χ1n) is 7.07. The van der Waals surface area contributed by atoms with Crippen molar-refractivity contribution in [1.82, 2.24) is 0 Å². The van der Waals surface area contributed by atoms with Crippen molar-refractivity contribution in [3.63, 3.8) is 0 Å². The molecule has 0 aliphatic heterocycles. The second-order valence-electron chi connectivity index (χ2n) is 6.72. The van der Waals surface area contributed by atoms with E-state index in [-0.39, 0.29) is 0 Å². The number of hydrogen-bond donors (Lipinski definition) is 0. The highest BCUT2D eigenvalue weighted by molar-refractivity contribution is 7.98. The van der Waals surface area contributed by atoms with Crippen LogP contribution < -0.4 is 0 Å². The Hall–Kier alpha value is -0.430. The number of thioether (sulfide) groups is 1. The number of hydrogen-bond acceptors (Lipinski definition) is 1. The van der Waals surface area contributed by atoms with Gasteiger partial charge < -0.3 is 0 Å². The molecule has 18 heavy (non-hydrogen) atoms. The summed E-state index contributed by atoms with van der Waals surface area (Å²) in [5.74, 6) is 2.46. The van der Waals surface area contributed by atoms with Gasteiger partial charge in [-0.3, -0.25) is 0 Å². The molecular weight excluding hydrogens is 236 g/mol. The third-order valence-corrected chi connectivity index (χ3v) is 6.46. The molecule has 0 saturated heterocycles. The van der Waals surface area contributed by atoms with Gasteiger partial charge in [-0.25, -0.2) is 0 Å². The Labute approximate surface area is 117 Å². The molecule has 0 nitrogen and oxygen atoms in total. The molecule has 0 unspecified atom stereocenters. The predicted molar refractivity (Wildman–Crippen MR) is 83.1 cm³/mol. The first-order chi connectivity index (χ1) is 8.45. The SMILES string of the molecule is Cc1ccccc1CSC[C@]1(C)CCCC1(C)C. The molecular formula is C17H26S. The van der Waals surface area contributed by atoms with E-state index in [2.05, 4.69) is 63.7 Å². The van der Waals surface area contributed by atoms with Crippen LogP contribution in [0, 0.1) is 17.8 Å². The molecule has 1 aromatic rings. The van der Waals surface area contributed by atoms with Crippen LogP contribution in [0.3, 0.4) is 0 Å². The van der Waals surface area contributed by atoms with Crippen LogP contribution in [0.5, 0.6) is 0 Å². The largest absolute Gasteiger partial charge is 0.157 e.